The second-order valence-corrected chi connectivity index (χ2v) is 3.30. The molecule has 0 rings (SSSR count). The van der Waals surface area contributed by atoms with Gasteiger partial charge in [-0.3, -0.25) is 0 Å². The average molecular weight is 284 g/mol. The van der Waals surface area contributed by atoms with Crippen molar-refractivity contribution in [2.75, 3.05) is 0 Å². The van der Waals surface area contributed by atoms with Gasteiger partial charge in [-0.1, -0.05) is 0 Å². The zero-order chi connectivity index (χ0) is 9.00. The Hall–Kier alpha value is 0.802. The summed E-state index contributed by atoms with van der Waals surface area (Å²) < 4.78 is 0. The first-order chi connectivity index (χ1) is 4.00. The normalized spacial score (nSPS) is 10.9. The minimum atomic E-state index is -5.61. The third-order valence-corrected chi connectivity index (χ3v) is 0. The smallest absolute Gasteiger partial charge is 0.894 e. The monoisotopic (exact) mass is 286 g/mol. The van der Waals surface area contributed by atoms with Crippen LogP contribution in [0.2, 0.25) is 0 Å². The van der Waals surface area contributed by atoms with E-state index in [1.807, 2.05) is 0 Å². The molecule has 66 valence electrons. The third-order valence-electron chi connectivity index (χ3n) is 0. The fourth-order valence-corrected chi connectivity index (χ4v) is 0. The minimum Gasteiger partial charge on any atom is -0.894 e. The molecular weight excluding hydrogens is 280 g/mol. The molecule has 0 aliphatic rings. The van der Waals surface area contributed by atoms with Crippen LogP contribution >= 0.6 is 0 Å². The maximum atomic E-state index is 8.58. The van der Waals surface area contributed by atoms with E-state index >= 15 is 0 Å². The molecule has 11 heteroatoms. The van der Waals surface area contributed by atoms with Crippen LogP contribution in [0.4, 0.5) is 0 Å². The van der Waals surface area contributed by atoms with Crippen LogP contribution in [0.1, 0.15) is 0 Å². The molecule has 0 fully saturated rings. The van der Waals surface area contributed by atoms with Crippen molar-refractivity contribution < 1.29 is 59.4 Å². The Morgan fingerprint density at radius 3 is 0.727 bits per heavy atom. The van der Waals surface area contributed by atoms with Crippen molar-refractivity contribution in [2.45, 2.75) is 0 Å². The van der Waals surface area contributed by atoms with Crippen LogP contribution < -0.4 is 19.2 Å². The van der Waals surface area contributed by atoms with Gasteiger partial charge in [0.15, 0.2) is 0 Å². The number of rotatable bonds is 0. The molecule has 0 aliphatic carbocycles. The molecule has 0 saturated carbocycles. The Morgan fingerprint density at radius 2 is 0.727 bits per heavy atom. The van der Waals surface area contributed by atoms with Crippen molar-refractivity contribution >= 4 is 18.1 Å². The van der Waals surface area contributed by atoms with Crippen LogP contribution in [0.15, 0.2) is 0 Å². The topological polar surface area (TPSA) is 173 Å². The summed E-state index contributed by atoms with van der Waals surface area (Å²) in [4.78, 5) is 63.6. The van der Waals surface area contributed by atoms with Crippen molar-refractivity contribution in [1.82, 2.24) is 0 Å². The van der Waals surface area contributed by atoms with Crippen molar-refractivity contribution in [3.63, 3.8) is 0 Å². The van der Waals surface area contributed by atoms with Crippen molar-refractivity contribution in [3.05, 3.63) is 0 Å². The molecule has 0 radical (unpaired) electrons. The summed E-state index contributed by atoms with van der Waals surface area (Å²) >= 11 is 0. The molecule has 0 unspecified atom stereocenters. The molecule has 0 heterocycles. The molecule has 0 atom stereocenters. The maximum Gasteiger partial charge on any atom is 4.00 e. The molecule has 0 aliphatic heterocycles. The third kappa shape index (κ3) is 1300. The standard InChI is InChI=1S/Mo.H4O4Si.O4Si/c;2*1-5(2,3)4/h;1-4H;/q+4;;-4. The molecule has 0 spiro atoms. The van der Waals surface area contributed by atoms with Gasteiger partial charge in [0.1, 0.15) is 0 Å². The largest absolute Gasteiger partial charge is 4.00 e. The molecule has 0 bridgehead atoms. The molecule has 0 aromatic heterocycles. The van der Waals surface area contributed by atoms with E-state index in [1.165, 1.54) is 0 Å². The van der Waals surface area contributed by atoms with E-state index in [9.17, 15) is 0 Å². The Morgan fingerprint density at radius 1 is 0.727 bits per heavy atom. The summed E-state index contributed by atoms with van der Waals surface area (Å²) in [5, 5.41) is 0. The van der Waals surface area contributed by atoms with Gasteiger partial charge in [0, 0.05) is 0 Å². The van der Waals surface area contributed by atoms with E-state index in [0.717, 1.165) is 0 Å². The van der Waals surface area contributed by atoms with E-state index < -0.39 is 18.1 Å². The molecule has 0 aromatic carbocycles. The molecular formula is H4MoO8Si2. The fourth-order valence-electron chi connectivity index (χ4n) is 0. The molecule has 0 amide bonds. The zero-order valence-electron chi connectivity index (χ0n) is 4.83. The van der Waals surface area contributed by atoms with Gasteiger partial charge in [0.2, 0.25) is 0 Å². The summed E-state index contributed by atoms with van der Waals surface area (Å²) in [5.41, 5.74) is 0. The predicted molar refractivity (Wildman–Crippen MR) is 20.4 cm³/mol. The molecule has 4 N–H and O–H groups in total. The van der Waals surface area contributed by atoms with Crippen molar-refractivity contribution in [3.8, 4) is 0 Å². The first-order valence-corrected chi connectivity index (χ1v) is 5.13. The Kier molecular flexibility index (Phi) is 10.2. The van der Waals surface area contributed by atoms with E-state index in [4.69, 9.17) is 38.4 Å². The average Bonchev–Trinajstić information content (AvgIpc) is 1.12. The first-order valence-electron chi connectivity index (χ1n) is 1.71. The molecule has 0 aromatic rings. The van der Waals surface area contributed by atoms with Crippen LogP contribution in [0.5, 0.6) is 0 Å². The van der Waals surface area contributed by atoms with Gasteiger partial charge in [-0.15, -0.1) is 0 Å². The van der Waals surface area contributed by atoms with Crippen LogP contribution in [-0.2, 0) is 21.1 Å². The molecule has 11 heavy (non-hydrogen) atoms. The molecule has 0 saturated heterocycles. The van der Waals surface area contributed by atoms with Crippen LogP contribution in [0.3, 0.4) is 0 Å². The van der Waals surface area contributed by atoms with Crippen LogP contribution in [-0.4, -0.2) is 37.3 Å². The van der Waals surface area contributed by atoms with Gasteiger partial charge in [-0.05, 0) is 0 Å². The SMILES string of the molecule is O[Si](O)(O)O.[Mo+4].[O-][Si]([O-])([O-])[O-]. The zero-order valence-corrected chi connectivity index (χ0v) is 8.84. The second-order valence-electron chi connectivity index (χ2n) is 1.10. The fraction of sp³-hybridized carbons (Fsp3) is 0. The van der Waals surface area contributed by atoms with Crippen LogP contribution in [0.25, 0.3) is 0 Å². The predicted octanol–water partition coefficient (Wildman–Crippen LogP) is -7.75. The van der Waals surface area contributed by atoms with Crippen LogP contribution in [0, 0.1) is 0 Å². The van der Waals surface area contributed by atoms with E-state index in [2.05, 4.69) is 0 Å². The minimum absolute atomic E-state index is 0. The Balaban J connectivity index is -0.000000107. The Bertz CT molecular complexity index is 55.1. The van der Waals surface area contributed by atoms with Gasteiger partial charge in [0.25, 0.3) is 0 Å². The van der Waals surface area contributed by atoms with Gasteiger partial charge >= 0.3 is 30.1 Å². The van der Waals surface area contributed by atoms with Crippen molar-refractivity contribution in [1.29, 1.82) is 0 Å². The summed E-state index contributed by atoms with van der Waals surface area (Å²) in [6, 6.07) is 0. The number of hydrogen-bond donors (Lipinski definition) is 4. The summed E-state index contributed by atoms with van der Waals surface area (Å²) in [6.07, 6.45) is 0. The summed E-state index contributed by atoms with van der Waals surface area (Å²) in [5.74, 6) is 0. The van der Waals surface area contributed by atoms with Gasteiger partial charge in [-0.25, -0.2) is 0 Å². The van der Waals surface area contributed by atoms with E-state index in [1.54, 1.807) is 0 Å². The van der Waals surface area contributed by atoms with Gasteiger partial charge in [0.05, 0.1) is 0 Å². The summed E-state index contributed by atoms with van der Waals surface area (Å²) in [7, 11) is -10.2. The van der Waals surface area contributed by atoms with Gasteiger partial charge in [-0.2, -0.15) is 0 Å². The maximum absolute atomic E-state index is 8.58. The quantitative estimate of drug-likeness (QED) is 0.317. The van der Waals surface area contributed by atoms with E-state index in [0.29, 0.717) is 0 Å². The molecule has 8 nitrogen and oxygen atoms in total. The first kappa shape index (κ1) is 17.8. The van der Waals surface area contributed by atoms with Crippen molar-refractivity contribution in [2.24, 2.45) is 0 Å². The second kappa shape index (κ2) is 6.33. The van der Waals surface area contributed by atoms with Gasteiger partial charge < -0.3 is 47.4 Å². The summed E-state index contributed by atoms with van der Waals surface area (Å²) in [6.45, 7) is 0. The number of hydrogen-bond acceptors (Lipinski definition) is 8. The van der Waals surface area contributed by atoms with E-state index in [-0.39, 0.29) is 21.1 Å². The Labute approximate surface area is 77.9 Å².